The Kier molecular flexibility index (Phi) is 2.40. The van der Waals surface area contributed by atoms with Crippen molar-refractivity contribution in [2.45, 2.75) is 12.8 Å². The van der Waals surface area contributed by atoms with Crippen molar-refractivity contribution in [2.75, 3.05) is 11.5 Å². The molecule has 8 heavy (non-hydrogen) atoms. The van der Waals surface area contributed by atoms with E-state index < -0.39 is 0 Å². The first-order valence-electron chi connectivity index (χ1n) is 2.95. The number of hydrogen-bond donors (Lipinski definition) is 0. The number of hydrogen-bond acceptors (Lipinski definition) is 2. The van der Waals surface area contributed by atoms with E-state index in [2.05, 4.69) is 0 Å². The Morgan fingerprint density at radius 3 is 3.12 bits per heavy atom. The molecule has 1 heterocycles. The zero-order valence-electron chi connectivity index (χ0n) is 4.80. The fraction of sp³-hybridized carbons (Fsp3) is 0.833. The molecule has 0 aromatic rings. The topological polar surface area (TPSA) is 17.1 Å². The van der Waals surface area contributed by atoms with E-state index in [9.17, 15) is 4.79 Å². The van der Waals surface area contributed by atoms with Gasteiger partial charge in [-0.15, -0.1) is 0 Å². The van der Waals surface area contributed by atoms with Gasteiger partial charge in [-0.1, -0.05) is 0 Å². The summed E-state index contributed by atoms with van der Waals surface area (Å²) >= 11 is 1.96. The normalized spacial score (nSPS) is 28.2. The summed E-state index contributed by atoms with van der Waals surface area (Å²) in [5.41, 5.74) is 0. The van der Waals surface area contributed by atoms with Gasteiger partial charge in [-0.25, -0.2) is 0 Å². The summed E-state index contributed by atoms with van der Waals surface area (Å²) in [7, 11) is 0. The standard InChI is InChI=1S/C6H10OS/c7-3-1-6-2-4-8-5-6/h3,6H,1-2,4-5H2. The average Bonchev–Trinajstić information content (AvgIpc) is 2.19. The largest absolute Gasteiger partial charge is 0.303 e. The van der Waals surface area contributed by atoms with Gasteiger partial charge in [0.1, 0.15) is 6.29 Å². The SMILES string of the molecule is O=CCC1CCSC1. The molecule has 1 unspecified atom stereocenters. The Hall–Kier alpha value is 0.0200. The van der Waals surface area contributed by atoms with Crippen molar-refractivity contribution in [3.05, 3.63) is 0 Å². The second-order valence-corrected chi connectivity index (χ2v) is 3.28. The first-order valence-corrected chi connectivity index (χ1v) is 4.10. The molecule has 1 saturated heterocycles. The van der Waals surface area contributed by atoms with Crippen LogP contribution in [0.1, 0.15) is 12.8 Å². The van der Waals surface area contributed by atoms with Crippen molar-refractivity contribution in [3.8, 4) is 0 Å². The zero-order valence-corrected chi connectivity index (χ0v) is 5.62. The van der Waals surface area contributed by atoms with E-state index in [0.29, 0.717) is 5.92 Å². The lowest BCUT2D eigenvalue weighted by Gasteiger charge is -1.97. The van der Waals surface area contributed by atoms with Crippen molar-refractivity contribution in [2.24, 2.45) is 5.92 Å². The second kappa shape index (κ2) is 3.13. The number of thioether (sulfide) groups is 1. The third-order valence-corrected chi connectivity index (χ3v) is 2.69. The molecule has 1 rings (SSSR count). The molecule has 0 bridgehead atoms. The van der Waals surface area contributed by atoms with Gasteiger partial charge in [0.2, 0.25) is 0 Å². The molecule has 0 aliphatic carbocycles. The molecule has 1 fully saturated rings. The third kappa shape index (κ3) is 1.51. The number of aldehydes is 1. The maximum absolute atomic E-state index is 9.95. The van der Waals surface area contributed by atoms with Crippen molar-refractivity contribution >= 4 is 18.0 Å². The fourth-order valence-corrected chi connectivity index (χ4v) is 2.21. The van der Waals surface area contributed by atoms with Crippen molar-refractivity contribution in [1.82, 2.24) is 0 Å². The van der Waals surface area contributed by atoms with Crippen LogP contribution in [0, 0.1) is 5.92 Å². The Labute approximate surface area is 53.8 Å². The Morgan fingerprint density at radius 1 is 1.75 bits per heavy atom. The molecule has 1 aliphatic heterocycles. The fourth-order valence-electron chi connectivity index (χ4n) is 0.905. The molecular formula is C6H10OS. The minimum atomic E-state index is 0.706. The molecule has 0 saturated carbocycles. The Bertz CT molecular complexity index is 76.6. The van der Waals surface area contributed by atoms with E-state index in [1.165, 1.54) is 17.9 Å². The Morgan fingerprint density at radius 2 is 2.62 bits per heavy atom. The molecule has 0 radical (unpaired) electrons. The van der Waals surface area contributed by atoms with Crippen molar-refractivity contribution in [1.29, 1.82) is 0 Å². The number of rotatable bonds is 2. The zero-order chi connectivity index (χ0) is 5.82. The van der Waals surface area contributed by atoms with Crippen LogP contribution in [0.2, 0.25) is 0 Å². The molecule has 1 atom stereocenters. The van der Waals surface area contributed by atoms with Crippen LogP contribution >= 0.6 is 11.8 Å². The minimum absolute atomic E-state index is 0.706. The minimum Gasteiger partial charge on any atom is -0.303 e. The van der Waals surface area contributed by atoms with Gasteiger partial charge < -0.3 is 4.79 Å². The van der Waals surface area contributed by atoms with Gasteiger partial charge in [-0.05, 0) is 23.8 Å². The summed E-state index contributed by atoms with van der Waals surface area (Å²) in [5.74, 6) is 3.18. The lowest BCUT2D eigenvalue weighted by molar-refractivity contribution is -0.108. The second-order valence-electron chi connectivity index (χ2n) is 2.13. The first kappa shape index (κ1) is 6.14. The monoisotopic (exact) mass is 130 g/mol. The average molecular weight is 130 g/mol. The highest BCUT2D eigenvalue weighted by Crippen LogP contribution is 2.24. The molecule has 0 N–H and O–H groups in total. The van der Waals surface area contributed by atoms with Gasteiger partial charge in [0.25, 0.3) is 0 Å². The molecule has 2 heteroatoms. The van der Waals surface area contributed by atoms with Crippen LogP contribution < -0.4 is 0 Å². The maximum atomic E-state index is 9.95. The number of carbonyl (C=O) groups is 1. The van der Waals surface area contributed by atoms with E-state index in [-0.39, 0.29) is 0 Å². The van der Waals surface area contributed by atoms with E-state index in [1.54, 1.807) is 0 Å². The number of carbonyl (C=O) groups excluding carboxylic acids is 1. The van der Waals surface area contributed by atoms with Crippen LogP contribution in [0.5, 0.6) is 0 Å². The Balaban J connectivity index is 2.14. The van der Waals surface area contributed by atoms with Crippen molar-refractivity contribution in [3.63, 3.8) is 0 Å². The van der Waals surface area contributed by atoms with E-state index in [4.69, 9.17) is 0 Å². The lowest BCUT2D eigenvalue weighted by Crippen LogP contribution is -1.96. The van der Waals surface area contributed by atoms with Gasteiger partial charge in [-0.3, -0.25) is 0 Å². The van der Waals surface area contributed by atoms with E-state index in [1.807, 2.05) is 11.8 Å². The summed E-state index contributed by atoms with van der Waals surface area (Å²) < 4.78 is 0. The van der Waals surface area contributed by atoms with Gasteiger partial charge in [0, 0.05) is 6.42 Å². The van der Waals surface area contributed by atoms with Crippen LogP contribution in [0.15, 0.2) is 0 Å². The van der Waals surface area contributed by atoms with Gasteiger partial charge in [0.05, 0.1) is 0 Å². The summed E-state index contributed by atoms with van der Waals surface area (Å²) in [5, 5.41) is 0. The maximum Gasteiger partial charge on any atom is 0.120 e. The predicted octanol–water partition coefficient (Wildman–Crippen LogP) is 1.33. The summed E-state index contributed by atoms with van der Waals surface area (Å²) in [4.78, 5) is 9.95. The smallest absolute Gasteiger partial charge is 0.120 e. The van der Waals surface area contributed by atoms with E-state index >= 15 is 0 Å². The third-order valence-electron chi connectivity index (χ3n) is 1.45. The molecular weight excluding hydrogens is 120 g/mol. The highest BCUT2D eigenvalue weighted by Gasteiger charge is 2.13. The van der Waals surface area contributed by atoms with Gasteiger partial charge >= 0.3 is 0 Å². The first-order chi connectivity index (χ1) is 3.93. The van der Waals surface area contributed by atoms with Gasteiger partial charge in [0.15, 0.2) is 0 Å². The molecule has 1 aliphatic rings. The molecule has 1 nitrogen and oxygen atoms in total. The molecule has 46 valence electrons. The molecule has 0 spiro atoms. The molecule has 0 aromatic heterocycles. The highest BCUT2D eigenvalue weighted by molar-refractivity contribution is 7.99. The van der Waals surface area contributed by atoms with Crippen LogP contribution in [0.3, 0.4) is 0 Å². The van der Waals surface area contributed by atoms with Crippen LogP contribution in [-0.4, -0.2) is 17.8 Å². The highest BCUT2D eigenvalue weighted by atomic mass is 32.2. The van der Waals surface area contributed by atoms with Crippen LogP contribution in [-0.2, 0) is 4.79 Å². The summed E-state index contributed by atoms with van der Waals surface area (Å²) in [6, 6.07) is 0. The molecule has 0 aromatic carbocycles. The van der Waals surface area contributed by atoms with Gasteiger partial charge in [-0.2, -0.15) is 11.8 Å². The van der Waals surface area contributed by atoms with Crippen LogP contribution in [0.4, 0.5) is 0 Å². The predicted molar refractivity (Wildman–Crippen MR) is 36.1 cm³/mol. The van der Waals surface area contributed by atoms with E-state index in [0.717, 1.165) is 12.7 Å². The summed E-state index contributed by atoms with van der Waals surface area (Å²) in [6.07, 6.45) is 3.08. The molecule has 0 amide bonds. The van der Waals surface area contributed by atoms with Crippen molar-refractivity contribution < 1.29 is 4.79 Å². The summed E-state index contributed by atoms with van der Waals surface area (Å²) in [6.45, 7) is 0. The quantitative estimate of drug-likeness (QED) is 0.524. The van der Waals surface area contributed by atoms with Crippen LogP contribution in [0.25, 0.3) is 0 Å². The lowest BCUT2D eigenvalue weighted by atomic mass is 10.1.